The predicted octanol–water partition coefficient (Wildman–Crippen LogP) is 1.52. The molecule has 0 saturated heterocycles. The maximum absolute atomic E-state index is 13.0. The molecule has 1 aromatic carbocycles. The maximum Gasteiger partial charge on any atom is 0.126 e. The van der Waals surface area contributed by atoms with Gasteiger partial charge in [-0.1, -0.05) is 17.3 Å². The van der Waals surface area contributed by atoms with Crippen LogP contribution in [-0.2, 0) is 13.1 Å². The van der Waals surface area contributed by atoms with Crippen LogP contribution < -0.4 is 5.32 Å². The summed E-state index contributed by atoms with van der Waals surface area (Å²) in [6.45, 7) is 4.09. The first-order chi connectivity index (χ1) is 8.25. The number of benzene rings is 1. The van der Waals surface area contributed by atoms with Crippen molar-refractivity contribution >= 4 is 0 Å². The van der Waals surface area contributed by atoms with Crippen LogP contribution in [0.5, 0.6) is 0 Å². The minimum atomic E-state index is -0.156. The van der Waals surface area contributed by atoms with E-state index in [0.717, 1.165) is 25.2 Å². The first-order valence-electron chi connectivity index (χ1n) is 5.55. The third-order valence-electron chi connectivity index (χ3n) is 2.54. The van der Waals surface area contributed by atoms with Gasteiger partial charge in [0.2, 0.25) is 0 Å². The largest absolute Gasteiger partial charge is 0.311 e. The second-order valence-electron chi connectivity index (χ2n) is 3.93. The molecule has 2 aromatic rings. The Balaban J connectivity index is 1.76. The molecule has 0 bridgehead atoms. The van der Waals surface area contributed by atoms with Gasteiger partial charge in [-0.25, -0.2) is 4.39 Å². The summed E-state index contributed by atoms with van der Waals surface area (Å²) >= 11 is 0. The molecule has 0 aliphatic heterocycles. The van der Waals surface area contributed by atoms with E-state index in [1.54, 1.807) is 23.9 Å². The summed E-state index contributed by atoms with van der Waals surface area (Å²) in [5, 5.41) is 10.9. The number of aryl methyl sites for hydroxylation is 1. The summed E-state index contributed by atoms with van der Waals surface area (Å²) < 4.78 is 14.8. The van der Waals surface area contributed by atoms with E-state index in [4.69, 9.17) is 0 Å². The molecule has 0 spiro atoms. The van der Waals surface area contributed by atoms with Gasteiger partial charge in [0.15, 0.2) is 0 Å². The van der Waals surface area contributed by atoms with E-state index in [0.29, 0.717) is 5.56 Å². The highest BCUT2D eigenvalue weighted by Gasteiger charge is 1.98. The fraction of sp³-hybridized carbons (Fsp3) is 0.333. The van der Waals surface area contributed by atoms with Gasteiger partial charge in [0, 0.05) is 19.3 Å². The molecule has 90 valence electrons. The highest BCUT2D eigenvalue weighted by Crippen LogP contribution is 2.08. The molecule has 0 aliphatic carbocycles. The molecule has 1 heterocycles. The lowest BCUT2D eigenvalue weighted by Gasteiger charge is -2.06. The van der Waals surface area contributed by atoms with E-state index < -0.39 is 0 Å². The minimum absolute atomic E-state index is 0.156. The zero-order chi connectivity index (χ0) is 12.1. The number of aromatic nitrogens is 3. The number of rotatable bonds is 5. The first kappa shape index (κ1) is 11.7. The molecule has 0 unspecified atom stereocenters. The van der Waals surface area contributed by atoms with Crippen LogP contribution in [0, 0.1) is 12.7 Å². The topological polar surface area (TPSA) is 42.7 Å². The molecule has 4 nitrogen and oxygen atoms in total. The highest BCUT2D eigenvalue weighted by molar-refractivity contribution is 5.23. The molecule has 5 heteroatoms. The molecule has 0 amide bonds. The first-order valence-corrected chi connectivity index (χ1v) is 5.55. The van der Waals surface area contributed by atoms with Crippen molar-refractivity contribution in [3.63, 3.8) is 0 Å². The third-order valence-corrected chi connectivity index (χ3v) is 2.54. The van der Waals surface area contributed by atoms with E-state index in [1.807, 2.05) is 12.3 Å². The lowest BCUT2D eigenvalue weighted by Crippen LogP contribution is -2.19. The van der Waals surface area contributed by atoms with Gasteiger partial charge in [0.05, 0.1) is 12.7 Å². The summed E-state index contributed by atoms with van der Waals surface area (Å²) in [5.41, 5.74) is 1.77. The fourth-order valence-corrected chi connectivity index (χ4v) is 1.60. The highest BCUT2D eigenvalue weighted by atomic mass is 19.1. The summed E-state index contributed by atoms with van der Waals surface area (Å²) in [6.07, 6.45) is 3.48. The lowest BCUT2D eigenvalue weighted by molar-refractivity contribution is 0.539. The molecular formula is C12H15FN4. The van der Waals surface area contributed by atoms with Crippen LogP contribution in [0.2, 0.25) is 0 Å². The van der Waals surface area contributed by atoms with Gasteiger partial charge in [-0.05, 0) is 24.1 Å². The van der Waals surface area contributed by atoms with Crippen LogP contribution in [0.15, 0.2) is 30.6 Å². The van der Waals surface area contributed by atoms with Crippen molar-refractivity contribution in [1.29, 1.82) is 0 Å². The zero-order valence-electron chi connectivity index (χ0n) is 9.73. The summed E-state index contributed by atoms with van der Waals surface area (Å²) in [5.74, 6) is -0.156. The van der Waals surface area contributed by atoms with E-state index in [-0.39, 0.29) is 5.82 Å². The molecule has 0 fully saturated rings. The van der Waals surface area contributed by atoms with Gasteiger partial charge in [0.1, 0.15) is 5.82 Å². The van der Waals surface area contributed by atoms with Crippen molar-refractivity contribution in [1.82, 2.24) is 20.3 Å². The average Bonchev–Trinajstić information content (AvgIpc) is 2.82. The Kier molecular flexibility index (Phi) is 3.82. The quantitative estimate of drug-likeness (QED) is 0.797. The van der Waals surface area contributed by atoms with Crippen molar-refractivity contribution in [3.8, 4) is 0 Å². The maximum atomic E-state index is 13.0. The van der Waals surface area contributed by atoms with Gasteiger partial charge >= 0.3 is 0 Å². The Morgan fingerprint density at radius 1 is 1.41 bits per heavy atom. The second kappa shape index (κ2) is 5.54. The zero-order valence-corrected chi connectivity index (χ0v) is 9.73. The van der Waals surface area contributed by atoms with Crippen molar-refractivity contribution < 1.29 is 4.39 Å². The Labute approximate surface area is 99.5 Å². The van der Waals surface area contributed by atoms with Gasteiger partial charge in [-0.2, -0.15) is 0 Å². The predicted molar refractivity (Wildman–Crippen MR) is 62.9 cm³/mol. The molecule has 0 radical (unpaired) electrons. The SMILES string of the molecule is Cc1cc(CNCCn2ccnn2)ccc1F. The van der Waals surface area contributed by atoms with Crippen LogP contribution in [0.25, 0.3) is 0 Å². The molecule has 2 rings (SSSR count). The summed E-state index contributed by atoms with van der Waals surface area (Å²) in [4.78, 5) is 0. The average molecular weight is 234 g/mol. The van der Waals surface area contributed by atoms with E-state index in [9.17, 15) is 4.39 Å². The molecule has 1 N–H and O–H groups in total. The molecule has 0 atom stereocenters. The number of hydrogen-bond donors (Lipinski definition) is 1. The molecule has 0 saturated carbocycles. The normalized spacial score (nSPS) is 10.7. The molecule has 17 heavy (non-hydrogen) atoms. The number of halogens is 1. The molecule has 1 aromatic heterocycles. The second-order valence-corrected chi connectivity index (χ2v) is 3.93. The van der Waals surface area contributed by atoms with Gasteiger partial charge < -0.3 is 5.32 Å². The third kappa shape index (κ3) is 3.35. The van der Waals surface area contributed by atoms with Crippen LogP contribution in [0.4, 0.5) is 4.39 Å². The monoisotopic (exact) mass is 234 g/mol. The summed E-state index contributed by atoms with van der Waals surface area (Å²) in [6, 6.07) is 5.16. The van der Waals surface area contributed by atoms with E-state index in [2.05, 4.69) is 15.6 Å². The summed E-state index contributed by atoms with van der Waals surface area (Å²) in [7, 11) is 0. The van der Waals surface area contributed by atoms with Crippen LogP contribution in [-0.4, -0.2) is 21.5 Å². The van der Waals surface area contributed by atoms with Gasteiger partial charge in [0.25, 0.3) is 0 Å². The number of nitrogens with one attached hydrogen (secondary N) is 1. The Morgan fingerprint density at radius 3 is 3.00 bits per heavy atom. The molecular weight excluding hydrogens is 219 g/mol. The Morgan fingerprint density at radius 2 is 2.29 bits per heavy atom. The van der Waals surface area contributed by atoms with Crippen LogP contribution >= 0.6 is 0 Å². The Hall–Kier alpha value is -1.75. The molecule has 0 aliphatic rings. The lowest BCUT2D eigenvalue weighted by atomic mass is 10.1. The minimum Gasteiger partial charge on any atom is -0.311 e. The van der Waals surface area contributed by atoms with Gasteiger partial charge in [-0.3, -0.25) is 4.68 Å². The number of nitrogens with zero attached hydrogens (tertiary/aromatic N) is 3. The standard InChI is InChI=1S/C12H15FN4/c1-10-8-11(2-3-12(10)13)9-14-4-6-17-7-5-15-16-17/h2-3,5,7-8,14H,4,6,9H2,1H3. The Bertz CT molecular complexity index is 467. The fourth-order valence-electron chi connectivity index (χ4n) is 1.60. The van der Waals surface area contributed by atoms with Gasteiger partial charge in [-0.15, -0.1) is 5.10 Å². The number of hydrogen-bond acceptors (Lipinski definition) is 3. The van der Waals surface area contributed by atoms with Crippen molar-refractivity contribution in [2.45, 2.75) is 20.0 Å². The van der Waals surface area contributed by atoms with Crippen LogP contribution in [0.1, 0.15) is 11.1 Å². The van der Waals surface area contributed by atoms with Crippen LogP contribution in [0.3, 0.4) is 0 Å². The van der Waals surface area contributed by atoms with Crippen molar-refractivity contribution in [2.75, 3.05) is 6.54 Å². The van der Waals surface area contributed by atoms with Crippen molar-refractivity contribution in [3.05, 3.63) is 47.5 Å². The van der Waals surface area contributed by atoms with Crippen molar-refractivity contribution in [2.24, 2.45) is 0 Å². The smallest absolute Gasteiger partial charge is 0.126 e. The van der Waals surface area contributed by atoms with E-state index >= 15 is 0 Å². The van der Waals surface area contributed by atoms with E-state index in [1.165, 1.54) is 6.07 Å².